The fraction of sp³-hybridized carbons (Fsp3) is 0.333. The van der Waals surface area contributed by atoms with Crippen molar-refractivity contribution >= 4 is 29.3 Å². The molecule has 24 heavy (non-hydrogen) atoms. The van der Waals surface area contributed by atoms with E-state index in [0.717, 1.165) is 5.56 Å². The zero-order chi connectivity index (χ0) is 17.7. The van der Waals surface area contributed by atoms with E-state index in [1.807, 2.05) is 38.1 Å². The molecule has 0 radical (unpaired) electrons. The predicted octanol–water partition coefficient (Wildman–Crippen LogP) is 3.07. The third kappa shape index (κ3) is 3.59. The van der Waals surface area contributed by atoms with Crippen LogP contribution in [0, 0.1) is 0 Å². The highest BCUT2D eigenvalue weighted by atomic mass is 32.1. The van der Waals surface area contributed by atoms with Gasteiger partial charge in [-0.25, -0.2) is 0 Å². The van der Waals surface area contributed by atoms with E-state index < -0.39 is 0 Å². The summed E-state index contributed by atoms with van der Waals surface area (Å²) in [7, 11) is 1.80. The lowest BCUT2D eigenvalue weighted by Gasteiger charge is -2.14. The van der Waals surface area contributed by atoms with Gasteiger partial charge < -0.3 is 14.4 Å². The van der Waals surface area contributed by atoms with Crippen molar-refractivity contribution in [1.82, 2.24) is 9.80 Å². The molecule has 1 heterocycles. The fourth-order valence-corrected chi connectivity index (χ4v) is 2.71. The molecule has 1 amide bonds. The van der Waals surface area contributed by atoms with Crippen LogP contribution in [0.2, 0.25) is 0 Å². The zero-order valence-electron chi connectivity index (χ0n) is 14.2. The van der Waals surface area contributed by atoms with Crippen molar-refractivity contribution in [2.75, 3.05) is 26.8 Å². The van der Waals surface area contributed by atoms with Gasteiger partial charge in [0.2, 0.25) is 0 Å². The van der Waals surface area contributed by atoms with Gasteiger partial charge in [-0.05, 0) is 49.8 Å². The summed E-state index contributed by atoms with van der Waals surface area (Å²) in [5.41, 5.74) is 1.39. The first-order valence-corrected chi connectivity index (χ1v) is 8.26. The number of hydrogen-bond donors (Lipinski definition) is 0. The van der Waals surface area contributed by atoms with Crippen LogP contribution in [0.3, 0.4) is 0 Å². The largest absolute Gasteiger partial charge is 0.490 e. The highest BCUT2D eigenvalue weighted by molar-refractivity contribution is 7.80. The molecule has 0 atom stereocenters. The van der Waals surface area contributed by atoms with Crippen LogP contribution in [-0.2, 0) is 4.79 Å². The number of likely N-dealkylation sites (N-methyl/N-ethyl adjacent to an activating group) is 2. The number of nitrogens with zero attached hydrogens (tertiary/aromatic N) is 2. The minimum atomic E-state index is -0.0880. The van der Waals surface area contributed by atoms with Crippen LogP contribution in [0.15, 0.2) is 36.6 Å². The number of thiocarbonyl (C=S) groups is 1. The molecule has 0 saturated carbocycles. The molecule has 0 aliphatic carbocycles. The number of amides is 1. The molecule has 1 aliphatic rings. The summed E-state index contributed by atoms with van der Waals surface area (Å²) in [6.45, 7) is 8.94. The molecule has 0 N–H and O–H groups in total. The van der Waals surface area contributed by atoms with E-state index in [0.29, 0.717) is 42.1 Å². The minimum absolute atomic E-state index is 0.0880. The summed E-state index contributed by atoms with van der Waals surface area (Å²) in [5.74, 6) is 1.20. The molecule has 1 aromatic rings. The van der Waals surface area contributed by atoms with Gasteiger partial charge in [0, 0.05) is 13.6 Å². The van der Waals surface area contributed by atoms with Crippen LogP contribution in [0.1, 0.15) is 19.4 Å². The molecular formula is C18H22N2O3S. The first-order chi connectivity index (χ1) is 11.5. The Hall–Kier alpha value is -2.34. The average molecular weight is 346 g/mol. The van der Waals surface area contributed by atoms with Crippen molar-refractivity contribution in [3.8, 4) is 11.5 Å². The monoisotopic (exact) mass is 346 g/mol. The highest BCUT2D eigenvalue weighted by Gasteiger charge is 2.34. The molecule has 0 bridgehead atoms. The quantitative estimate of drug-likeness (QED) is 0.431. The Kier molecular flexibility index (Phi) is 5.98. The SMILES string of the molecule is C=CCOc1ccc(C=C2C(=O)N(CC)C(=S)N2C)cc1OCC. The second kappa shape index (κ2) is 7.97. The van der Waals surface area contributed by atoms with E-state index in [1.54, 1.807) is 22.9 Å². The van der Waals surface area contributed by atoms with E-state index in [1.165, 1.54) is 0 Å². The Morgan fingerprint density at radius 3 is 2.58 bits per heavy atom. The molecule has 6 heteroatoms. The third-order valence-electron chi connectivity index (χ3n) is 3.59. The van der Waals surface area contributed by atoms with E-state index in [-0.39, 0.29) is 5.91 Å². The molecule has 128 valence electrons. The molecule has 1 fully saturated rings. The van der Waals surface area contributed by atoms with E-state index in [2.05, 4.69) is 6.58 Å². The van der Waals surface area contributed by atoms with Crippen LogP contribution in [0.25, 0.3) is 6.08 Å². The smallest absolute Gasteiger partial charge is 0.276 e. The van der Waals surface area contributed by atoms with E-state index in [9.17, 15) is 4.79 Å². The van der Waals surface area contributed by atoms with Gasteiger partial charge in [0.25, 0.3) is 5.91 Å². The van der Waals surface area contributed by atoms with Crippen molar-refractivity contribution in [3.63, 3.8) is 0 Å². The van der Waals surface area contributed by atoms with Gasteiger partial charge in [-0.1, -0.05) is 18.7 Å². The standard InChI is InChI=1S/C18H22N2O3S/c1-5-10-23-15-9-8-13(12-16(15)22-7-3)11-14-17(21)20(6-2)18(24)19(14)4/h5,8-9,11-12H,1,6-7,10H2,2-4H3. The first kappa shape index (κ1) is 18.0. The van der Waals surface area contributed by atoms with E-state index in [4.69, 9.17) is 21.7 Å². The predicted molar refractivity (Wildman–Crippen MR) is 99.0 cm³/mol. The highest BCUT2D eigenvalue weighted by Crippen LogP contribution is 2.30. The van der Waals surface area contributed by atoms with Crippen LogP contribution in [0.5, 0.6) is 11.5 Å². The molecule has 2 rings (SSSR count). The Bertz CT molecular complexity index is 685. The van der Waals surface area contributed by atoms with Crippen molar-refractivity contribution in [2.24, 2.45) is 0 Å². The number of carbonyl (C=O) groups excluding carboxylic acids is 1. The van der Waals surface area contributed by atoms with Gasteiger partial charge >= 0.3 is 0 Å². The topological polar surface area (TPSA) is 42.0 Å². The van der Waals surface area contributed by atoms with Crippen LogP contribution in [-0.4, -0.2) is 47.6 Å². The maximum absolute atomic E-state index is 12.4. The first-order valence-electron chi connectivity index (χ1n) is 7.85. The van der Waals surface area contributed by atoms with Crippen LogP contribution >= 0.6 is 12.2 Å². The summed E-state index contributed by atoms with van der Waals surface area (Å²) in [6.07, 6.45) is 3.49. The van der Waals surface area contributed by atoms with Gasteiger partial charge in [0.05, 0.1) is 6.61 Å². The fourth-order valence-electron chi connectivity index (χ4n) is 2.40. The number of benzene rings is 1. The molecule has 0 aromatic heterocycles. The number of hydrogen-bond acceptors (Lipinski definition) is 4. The lowest BCUT2D eigenvalue weighted by Crippen LogP contribution is -2.30. The normalized spacial score (nSPS) is 16.0. The van der Waals surface area contributed by atoms with E-state index >= 15 is 0 Å². The number of carbonyl (C=O) groups is 1. The summed E-state index contributed by atoms with van der Waals surface area (Å²) in [4.78, 5) is 15.7. The summed E-state index contributed by atoms with van der Waals surface area (Å²) >= 11 is 5.30. The van der Waals surface area contributed by atoms with Gasteiger partial charge in [-0.2, -0.15) is 0 Å². The second-order valence-electron chi connectivity index (χ2n) is 5.16. The summed E-state index contributed by atoms with van der Waals surface area (Å²) in [5, 5.41) is 0.518. The number of rotatable bonds is 7. The van der Waals surface area contributed by atoms with Gasteiger partial charge in [-0.15, -0.1) is 0 Å². The lowest BCUT2D eigenvalue weighted by atomic mass is 10.1. The van der Waals surface area contributed by atoms with Crippen molar-refractivity contribution in [3.05, 3.63) is 42.1 Å². The van der Waals surface area contributed by atoms with Gasteiger partial charge in [-0.3, -0.25) is 9.69 Å². The second-order valence-corrected chi connectivity index (χ2v) is 5.52. The molecule has 0 unspecified atom stereocenters. The molecule has 5 nitrogen and oxygen atoms in total. The molecule has 1 aliphatic heterocycles. The number of ether oxygens (including phenoxy) is 2. The Balaban J connectivity index is 2.35. The Labute approximate surface area is 148 Å². The van der Waals surface area contributed by atoms with Crippen LogP contribution in [0.4, 0.5) is 0 Å². The summed E-state index contributed by atoms with van der Waals surface area (Å²) in [6, 6.07) is 5.57. The molecule has 0 spiro atoms. The Morgan fingerprint density at radius 1 is 1.25 bits per heavy atom. The van der Waals surface area contributed by atoms with Crippen LogP contribution < -0.4 is 9.47 Å². The maximum atomic E-state index is 12.4. The van der Waals surface area contributed by atoms with Crippen molar-refractivity contribution in [2.45, 2.75) is 13.8 Å². The summed E-state index contributed by atoms with van der Waals surface area (Å²) < 4.78 is 11.2. The maximum Gasteiger partial charge on any atom is 0.276 e. The molecular weight excluding hydrogens is 324 g/mol. The average Bonchev–Trinajstić information content (AvgIpc) is 2.77. The lowest BCUT2D eigenvalue weighted by molar-refractivity contribution is -0.122. The Morgan fingerprint density at radius 2 is 2.00 bits per heavy atom. The molecule has 1 aromatic carbocycles. The van der Waals surface area contributed by atoms with Gasteiger partial charge in [0.1, 0.15) is 12.3 Å². The van der Waals surface area contributed by atoms with Crippen molar-refractivity contribution < 1.29 is 14.3 Å². The van der Waals surface area contributed by atoms with Crippen molar-refractivity contribution in [1.29, 1.82) is 0 Å². The van der Waals surface area contributed by atoms with Gasteiger partial charge in [0.15, 0.2) is 16.6 Å². The molecule has 1 saturated heterocycles. The zero-order valence-corrected chi connectivity index (χ0v) is 15.1. The minimum Gasteiger partial charge on any atom is -0.490 e. The third-order valence-corrected chi connectivity index (χ3v) is 4.08.